The van der Waals surface area contributed by atoms with Gasteiger partial charge in [0.2, 0.25) is 0 Å². The van der Waals surface area contributed by atoms with Gasteiger partial charge in [-0.05, 0) is 32.4 Å². The largest absolute Gasteiger partial charge is 0.317 e. The van der Waals surface area contributed by atoms with Gasteiger partial charge in [0, 0.05) is 0 Å². The second-order valence-electron chi connectivity index (χ2n) is 3.50. The highest BCUT2D eigenvalue weighted by molar-refractivity contribution is 5.85. The number of aromatic nitrogens is 3. The molecule has 2 heterocycles. The first-order chi connectivity index (χ1) is 6.42. The standard InChI is InChI=1S/C9H16N4.2ClH/c1-2-8-7-11-12-13(8)9-3-5-10-6-4-9;;/h7,9-10H,2-6H2,1H3;2*1H. The van der Waals surface area contributed by atoms with Gasteiger partial charge >= 0.3 is 0 Å². The van der Waals surface area contributed by atoms with Crippen LogP contribution in [0.1, 0.15) is 31.5 Å². The summed E-state index contributed by atoms with van der Waals surface area (Å²) in [6.07, 6.45) is 5.26. The molecule has 0 spiro atoms. The zero-order valence-electron chi connectivity index (χ0n) is 8.85. The van der Waals surface area contributed by atoms with Gasteiger partial charge in [0.1, 0.15) is 0 Å². The van der Waals surface area contributed by atoms with Crippen molar-refractivity contribution < 1.29 is 0 Å². The molecule has 1 aromatic rings. The molecular formula is C9H18Cl2N4. The molecule has 1 fully saturated rings. The Morgan fingerprint density at radius 2 is 2.07 bits per heavy atom. The number of hydrogen-bond acceptors (Lipinski definition) is 3. The zero-order chi connectivity index (χ0) is 9.10. The van der Waals surface area contributed by atoms with E-state index in [1.165, 1.54) is 18.5 Å². The van der Waals surface area contributed by atoms with Crippen molar-refractivity contribution >= 4 is 24.8 Å². The van der Waals surface area contributed by atoms with Gasteiger partial charge in [-0.15, -0.1) is 29.9 Å². The second-order valence-corrected chi connectivity index (χ2v) is 3.50. The number of halogens is 2. The maximum Gasteiger partial charge on any atom is 0.0725 e. The monoisotopic (exact) mass is 252 g/mol. The lowest BCUT2D eigenvalue weighted by atomic mass is 10.1. The number of piperidine rings is 1. The van der Waals surface area contributed by atoms with Crippen LogP contribution in [0.3, 0.4) is 0 Å². The smallest absolute Gasteiger partial charge is 0.0725 e. The molecule has 15 heavy (non-hydrogen) atoms. The van der Waals surface area contributed by atoms with Crippen LogP contribution >= 0.6 is 24.8 Å². The Hall–Kier alpha value is -0.320. The van der Waals surface area contributed by atoms with Gasteiger partial charge in [0.05, 0.1) is 17.9 Å². The summed E-state index contributed by atoms with van der Waals surface area (Å²) in [5, 5.41) is 11.5. The van der Waals surface area contributed by atoms with Crippen LogP contribution in [0.2, 0.25) is 0 Å². The highest BCUT2D eigenvalue weighted by Crippen LogP contribution is 2.18. The second kappa shape index (κ2) is 7.04. The quantitative estimate of drug-likeness (QED) is 0.870. The van der Waals surface area contributed by atoms with Crippen molar-refractivity contribution in [2.45, 2.75) is 32.2 Å². The van der Waals surface area contributed by atoms with Crippen molar-refractivity contribution in [1.82, 2.24) is 20.3 Å². The molecule has 1 aromatic heterocycles. The molecule has 88 valence electrons. The van der Waals surface area contributed by atoms with E-state index in [1.54, 1.807) is 0 Å². The molecule has 1 saturated heterocycles. The molecule has 0 bridgehead atoms. The van der Waals surface area contributed by atoms with E-state index in [-0.39, 0.29) is 24.8 Å². The van der Waals surface area contributed by atoms with E-state index in [2.05, 4.69) is 27.2 Å². The molecule has 0 aliphatic carbocycles. The van der Waals surface area contributed by atoms with Crippen LogP contribution < -0.4 is 5.32 Å². The average molecular weight is 253 g/mol. The molecule has 1 N–H and O–H groups in total. The predicted molar refractivity (Wildman–Crippen MR) is 65.0 cm³/mol. The minimum absolute atomic E-state index is 0. The maximum absolute atomic E-state index is 4.15. The van der Waals surface area contributed by atoms with Crippen LogP contribution in [-0.2, 0) is 6.42 Å². The first-order valence-electron chi connectivity index (χ1n) is 5.01. The van der Waals surface area contributed by atoms with Crippen molar-refractivity contribution in [3.63, 3.8) is 0 Å². The van der Waals surface area contributed by atoms with Gasteiger partial charge < -0.3 is 5.32 Å². The van der Waals surface area contributed by atoms with Gasteiger partial charge in [0.15, 0.2) is 0 Å². The Bertz CT molecular complexity index is 271. The zero-order valence-corrected chi connectivity index (χ0v) is 10.5. The van der Waals surface area contributed by atoms with Gasteiger partial charge in [-0.2, -0.15) is 0 Å². The lowest BCUT2D eigenvalue weighted by molar-refractivity contribution is 0.330. The van der Waals surface area contributed by atoms with E-state index in [9.17, 15) is 0 Å². The fourth-order valence-electron chi connectivity index (χ4n) is 1.88. The lowest BCUT2D eigenvalue weighted by Gasteiger charge is -2.23. The van der Waals surface area contributed by atoms with Crippen molar-refractivity contribution in [3.8, 4) is 0 Å². The Morgan fingerprint density at radius 3 is 2.67 bits per heavy atom. The van der Waals surface area contributed by atoms with Crippen LogP contribution in [0.25, 0.3) is 0 Å². The van der Waals surface area contributed by atoms with E-state index < -0.39 is 0 Å². The molecule has 1 aliphatic rings. The van der Waals surface area contributed by atoms with Crippen LogP contribution in [0.4, 0.5) is 0 Å². The lowest BCUT2D eigenvalue weighted by Crippen LogP contribution is -2.30. The highest BCUT2D eigenvalue weighted by atomic mass is 35.5. The number of aryl methyl sites for hydroxylation is 1. The molecular weight excluding hydrogens is 235 g/mol. The SMILES string of the molecule is CCc1cnnn1C1CCNCC1.Cl.Cl. The Labute approximate surface area is 103 Å². The van der Waals surface area contributed by atoms with Gasteiger partial charge in [-0.3, -0.25) is 0 Å². The summed E-state index contributed by atoms with van der Waals surface area (Å²) in [5.41, 5.74) is 1.26. The topological polar surface area (TPSA) is 42.7 Å². The minimum atomic E-state index is 0. The molecule has 0 atom stereocenters. The molecule has 4 nitrogen and oxygen atoms in total. The maximum atomic E-state index is 4.15. The Balaban J connectivity index is 0.000000980. The summed E-state index contributed by atoms with van der Waals surface area (Å²) in [4.78, 5) is 0. The van der Waals surface area contributed by atoms with E-state index in [4.69, 9.17) is 0 Å². The van der Waals surface area contributed by atoms with Crippen LogP contribution in [0.15, 0.2) is 6.20 Å². The first kappa shape index (κ1) is 14.7. The number of nitrogens with one attached hydrogen (secondary N) is 1. The molecule has 1 aliphatic heterocycles. The van der Waals surface area contributed by atoms with Crippen LogP contribution in [0, 0.1) is 0 Å². The normalized spacial score (nSPS) is 16.6. The van der Waals surface area contributed by atoms with Crippen molar-refractivity contribution in [3.05, 3.63) is 11.9 Å². The third-order valence-electron chi connectivity index (χ3n) is 2.67. The van der Waals surface area contributed by atoms with Gasteiger partial charge in [-0.25, -0.2) is 4.68 Å². The van der Waals surface area contributed by atoms with Gasteiger partial charge in [0.25, 0.3) is 0 Å². The Morgan fingerprint density at radius 1 is 1.40 bits per heavy atom. The van der Waals surface area contributed by atoms with Gasteiger partial charge in [-0.1, -0.05) is 12.1 Å². The molecule has 6 heteroatoms. The number of hydrogen-bond donors (Lipinski definition) is 1. The number of rotatable bonds is 2. The molecule has 0 amide bonds. The van der Waals surface area contributed by atoms with Crippen molar-refractivity contribution in [1.29, 1.82) is 0 Å². The fraction of sp³-hybridized carbons (Fsp3) is 0.778. The minimum Gasteiger partial charge on any atom is -0.317 e. The predicted octanol–water partition coefficient (Wildman–Crippen LogP) is 1.61. The fourth-order valence-corrected chi connectivity index (χ4v) is 1.88. The first-order valence-corrected chi connectivity index (χ1v) is 5.01. The van der Waals surface area contributed by atoms with E-state index in [0.717, 1.165) is 19.5 Å². The third-order valence-corrected chi connectivity index (χ3v) is 2.67. The third kappa shape index (κ3) is 3.33. The molecule has 0 aromatic carbocycles. The summed E-state index contributed by atoms with van der Waals surface area (Å²) in [7, 11) is 0. The average Bonchev–Trinajstić information content (AvgIpc) is 2.67. The molecule has 2 rings (SSSR count). The van der Waals surface area contributed by atoms with Crippen LogP contribution in [0.5, 0.6) is 0 Å². The highest BCUT2D eigenvalue weighted by Gasteiger charge is 2.17. The van der Waals surface area contributed by atoms with E-state index >= 15 is 0 Å². The van der Waals surface area contributed by atoms with Crippen molar-refractivity contribution in [2.75, 3.05) is 13.1 Å². The molecule has 0 saturated carbocycles. The van der Waals surface area contributed by atoms with E-state index in [1.807, 2.05) is 6.20 Å². The molecule has 0 unspecified atom stereocenters. The Kier molecular flexibility index (Phi) is 6.89. The summed E-state index contributed by atoms with van der Waals surface area (Å²) in [5.74, 6) is 0. The summed E-state index contributed by atoms with van der Waals surface area (Å²) in [6.45, 7) is 4.36. The number of nitrogens with zero attached hydrogens (tertiary/aromatic N) is 3. The summed E-state index contributed by atoms with van der Waals surface area (Å²) in [6, 6.07) is 0.568. The molecule has 0 radical (unpaired) electrons. The van der Waals surface area contributed by atoms with E-state index in [0.29, 0.717) is 6.04 Å². The van der Waals surface area contributed by atoms with Crippen LogP contribution in [-0.4, -0.2) is 28.1 Å². The van der Waals surface area contributed by atoms with Crippen molar-refractivity contribution in [2.24, 2.45) is 0 Å². The summed E-state index contributed by atoms with van der Waals surface area (Å²) >= 11 is 0. The summed E-state index contributed by atoms with van der Waals surface area (Å²) < 4.78 is 2.10.